The Balaban J connectivity index is 1.87. The maximum Gasteiger partial charge on any atom is 0.224 e. The van der Waals surface area contributed by atoms with Crippen molar-refractivity contribution in [2.45, 2.75) is 45.1 Å². The van der Waals surface area contributed by atoms with Crippen LogP contribution >= 0.6 is 23.2 Å². The third kappa shape index (κ3) is 4.82. The summed E-state index contributed by atoms with van der Waals surface area (Å²) in [5.41, 5.74) is 2.18. The first kappa shape index (κ1) is 23.1. The molecule has 2 aromatic rings. The van der Waals surface area contributed by atoms with Gasteiger partial charge in [-0.05, 0) is 87.8 Å². The summed E-state index contributed by atoms with van der Waals surface area (Å²) < 4.78 is 13.9. The average Bonchev–Trinajstić information content (AvgIpc) is 2.69. The standard InChI is InChI=1S/C24H29Cl2FN2O/c1-15-11-19(5-6-22(15)27)24(7-9-29(4)10-8-24)16(2)23(30)28-17(3)18-12-20(25)14-21(26)13-18/h5-6,11-14,16-17H,7-10H2,1-4H3,(H,28,30). The van der Waals surface area contributed by atoms with Crippen LogP contribution in [0.3, 0.4) is 0 Å². The zero-order valence-corrected chi connectivity index (χ0v) is 19.4. The Morgan fingerprint density at radius 3 is 2.27 bits per heavy atom. The second kappa shape index (κ2) is 9.25. The van der Waals surface area contributed by atoms with Gasteiger partial charge >= 0.3 is 0 Å². The highest BCUT2D eigenvalue weighted by Crippen LogP contribution is 2.42. The topological polar surface area (TPSA) is 32.3 Å². The smallest absolute Gasteiger partial charge is 0.224 e. The summed E-state index contributed by atoms with van der Waals surface area (Å²) in [6, 6.07) is 10.4. The number of aryl methyl sites for hydroxylation is 1. The third-order valence-electron chi connectivity index (χ3n) is 6.58. The van der Waals surface area contributed by atoms with E-state index in [9.17, 15) is 9.18 Å². The van der Waals surface area contributed by atoms with Crippen LogP contribution < -0.4 is 5.32 Å². The molecule has 1 amide bonds. The van der Waals surface area contributed by atoms with E-state index in [0.29, 0.717) is 15.6 Å². The Hall–Kier alpha value is -1.62. The minimum absolute atomic E-state index is 0.0230. The first-order chi connectivity index (χ1) is 14.1. The quantitative estimate of drug-likeness (QED) is 0.612. The van der Waals surface area contributed by atoms with Gasteiger partial charge in [-0.2, -0.15) is 0 Å². The first-order valence-electron chi connectivity index (χ1n) is 10.3. The largest absolute Gasteiger partial charge is 0.349 e. The normalized spacial score (nSPS) is 18.6. The van der Waals surface area contributed by atoms with Gasteiger partial charge in [-0.3, -0.25) is 4.79 Å². The number of hydrogen-bond acceptors (Lipinski definition) is 2. The van der Waals surface area contributed by atoms with Crippen LogP contribution in [-0.2, 0) is 10.2 Å². The fraction of sp³-hybridized carbons (Fsp3) is 0.458. The van der Waals surface area contributed by atoms with Crippen molar-refractivity contribution >= 4 is 29.1 Å². The SMILES string of the molecule is Cc1cc(C2(C(C)C(=O)NC(C)c3cc(Cl)cc(Cl)c3)CCN(C)CC2)ccc1F. The lowest BCUT2D eigenvalue weighted by atomic mass is 9.64. The number of amides is 1. The van der Waals surface area contributed by atoms with Gasteiger partial charge in [-0.25, -0.2) is 4.39 Å². The van der Waals surface area contributed by atoms with E-state index >= 15 is 0 Å². The molecule has 0 bridgehead atoms. The molecule has 2 aromatic carbocycles. The van der Waals surface area contributed by atoms with Crippen molar-refractivity contribution < 1.29 is 9.18 Å². The Bertz CT molecular complexity index is 905. The average molecular weight is 451 g/mol. The summed E-state index contributed by atoms with van der Waals surface area (Å²) in [6.45, 7) is 7.48. The van der Waals surface area contributed by atoms with Crippen molar-refractivity contribution in [1.82, 2.24) is 10.2 Å². The van der Waals surface area contributed by atoms with E-state index in [-0.39, 0.29) is 29.1 Å². The first-order valence-corrected chi connectivity index (χ1v) is 11.1. The molecule has 0 radical (unpaired) electrons. The van der Waals surface area contributed by atoms with Gasteiger partial charge < -0.3 is 10.2 Å². The minimum Gasteiger partial charge on any atom is -0.349 e. The number of halogens is 3. The van der Waals surface area contributed by atoms with Crippen LogP contribution in [0.5, 0.6) is 0 Å². The second-order valence-electron chi connectivity index (χ2n) is 8.58. The predicted octanol–water partition coefficient (Wildman–Crippen LogP) is 5.92. The summed E-state index contributed by atoms with van der Waals surface area (Å²) in [7, 11) is 2.09. The number of hydrogen-bond donors (Lipinski definition) is 1. The van der Waals surface area contributed by atoms with E-state index in [1.165, 1.54) is 6.07 Å². The van der Waals surface area contributed by atoms with E-state index in [0.717, 1.165) is 37.1 Å². The third-order valence-corrected chi connectivity index (χ3v) is 7.01. The van der Waals surface area contributed by atoms with Crippen molar-refractivity contribution in [3.05, 3.63) is 69.0 Å². The number of likely N-dealkylation sites (tertiary alicyclic amines) is 1. The highest BCUT2D eigenvalue weighted by Gasteiger charge is 2.43. The summed E-state index contributed by atoms with van der Waals surface area (Å²) in [6.07, 6.45) is 1.70. The molecule has 0 spiro atoms. The lowest BCUT2D eigenvalue weighted by Crippen LogP contribution is -2.50. The summed E-state index contributed by atoms with van der Waals surface area (Å²) in [4.78, 5) is 15.6. The zero-order chi connectivity index (χ0) is 22.1. The molecule has 2 unspecified atom stereocenters. The molecule has 3 nitrogen and oxygen atoms in total. The highest BCUT2D eigenvalue weighted by atomic mass is 35.5. The van der Waals surface area contributed by atoms with Gasteiger partial charge in [0.2, 0.25) is 5.91 Å². The maximum atomic E-state index is 13.9. The number of nitrogens with one attached hydrogen (secondary N) is 1. The number of rotatable bonds is 5. The van der Waals surface area contributed by atoms with Crippen LogP contribution in [0.2, 0.25) is 10.0 Å². The molecule has 1 heterocycles. The zero-order valence-electron chi connectivity index (χ0n) is 17.9. The molecule has 0 aliphatic carbocycles. The van der Waals surface area contributed by atoms with Gasteiger partial charge in [0.15, 0.2) is 0 Å². The van der Waals surface area contributed by atoms with Crippen molar-refractivity contribution in [3.63, 3.8) is 0 Å². The van der Waals surface area contributed by atoms with Crippen LogP contribution in [0.4, 0.5) is 4.39 Å². The van der Waals surface area contributed by atoms with Crippen LogP contribution in [0, 0.1) is 18.7 Å². The Morgan fingerprint density at radius 2 is 1.70 bits per heavy atom. The summed E-state index contributed by atoms with van der Waals surface area (Å²) >= 11 is 12.3. The molecule has 1 fully saturated rings. The van der Waals surface area contributed by atoms with E-state index in [4.69, 9.17) is 23.2 Å². The van der Waals surface area contributed by atoms with Crippen LogP contribution in [0.1, 0.15) is 49.4 Å². The highest BCUT2D eigenvalue weighted by molar-refractivity contribution is 6.34. The molecule has 6 heteroatoms. The molecule has 0 aromatic heterocycles. The fourth-order valence-electron chi connectivity index (χ4n) is 4.44. The van der Waals surface area contributed by atoms with Crippen molar-refractivity contribution in [2.75, 3.05) is 20.1 Å². The molecular formula is C24H29Cl2FN2O. The lowest BCUT2D eigenvalue weighted by molar-refractivity contribution is -0.128. The summed E-state index contributed by atoms with van der Waals surface area (Å²) in [5, 5.41) is 4.22. The van der Waals surface area contributed by atoms with E-state index < -0.39 is 0 Å². The number of carbonyl (C=O) groups is 1. The molecule has 162 valence electrons. The van der Waals surface area contributed by atoms with Crippen molar-refractivity contribution in [2.24, 2.45) is 5.92 Å². The molecular weight excluding hydrogens is 422 g/mol. The van der Waals surface area contributed by atoms with Gasteiger partial charge in [0.1, 0.15) is 5.82 Å². The summed E-state index contributed by atoms with van der Waals surface area (Å²) in [5.74, 6) is -0.510. The van der Waals surface area contributed by atoms with Crippen LogP contribution in [0.25, 0.3) is 0 Å². The molecule has 1 N–H and O–H groups in total. The Labute approximate surface area is 188 Å². The van der Waals surface area contributed by atoms with Crippen molar-refractivity contribution in [3.8, 4) is 0 Å². The number of carbonyl (C=O) groups excluding carboxylic acids is 1. The molecule has 3 rings (SSSR count). The lowest BCUT2D eigenvalue weighted by Gasteiger charge is -2.45. The van der Waals surface area contributed by atoms with Crippen LogP contribution in [0.15, 0.2) is 36.4 Å². The van der Waals surface area contributed by atoms with E-state index in [1.54, 1.807) is 13.0 Å². The van der Waals surface area contributed by atoms with Gasteiger partial charge in [0.05, 0.1) is 6.04 Å². The number of piperidine rings is 1. The monoisotopic (exact) mass is 450 g/mol. The number of nitrogens with zero attached hydrogens (tertiary/aromatic N) is 1. The van der Waals surface area contributed by atoms with Gasteiger partial charge in [0, 0.05) is 21.4 Å². The molecule has 1 aliphatic rings. The minimum atomic E-state index is -0.333. The van der Waals surface area contributed by atoms with Gasteiger partial charge in [-0.1, -0.05) is 42.3 Å². The van der Waals surface area contributed by atoms with E-state index in [1.807, 2.05) is 38.1 Å². The Kier molecular flexibility index (Phi) is 7.11. The molecule has 0 saturated carbocycles. The van der Waals surface area contributed by atoms with Crippen LogP contribution in [-0.4, -0.2) is 30.9 Å². The molecule has 1 aliphatic heterocycles. The molecule has 1 saturated heterocycles. The predicted molar refractivity (Wildman–Crippen MR) is 122 cm³/mol. The van der Waals surface area contributed by atoms with Gasteiger partial charge in [0.25, 0.3) is 0 Å². The molecule has 30 heavy (non-hydrogen) atoms. The van der Waals surface area contributed by atoms with E-state index in [2.05, 4.69) is 17.3 Å². The maximum absolute atomic E-state index is 13.9. The van der Waals surface area contributed by atoms with Crippen molar-refractivity contribution in [1.29, 1.82) is 0 Å². The van der Waals surface area contributed by atoms with Gasteiger partial charge in [-0.15, -0.1) is 0 Å². The Morgan fingerprint density at radius 1 is 1.10 bits per heavy atom. The second-order valence-corrected chi connectivity index (χ2v) is 9.45. The number of benzene rings is 2. The molecule has 2 atom stereocenters. The fourth-order valence-corrected chi connectivity index (χ4v) is 4.98.